The molecule has 1 aromatic carbocycles. The van der Waals surface area contributed by atoms with Crippen molar-refractivity contribution in [2.45, 2.75) is 47.1 Å². The van der Waals surface area contributed by atoms with E-state index in [9.17, 15) is 4.39 Å². The SMILES string of the molecule is CCNC(Cc1ccc(F)c(Cl)c1)C1C(C)(C)C1(C)C. The van der Waals surface area contributed by atoms with E-state index in [1.165, 1.54) is 6.07 Å². The first-order valence-corrected chi connectivity index (χ1v) is 7.77. The Labute approximate surface area is 126 Å². The van der Waals surface area contributed by atoms with Crippen molar-refractivity contribution in [1.82, 2.24) is 5.32 Å². The molecule has 0 spiro atoms. The minimum atomic E-state index is -0.345. The molecule has 1 aromatic rings. The van der Waals surface area contributed by atoms with Gasteiger partial charge in [0.1, 0.15) is 5.82 Å². The molecule has 3 heteroatoms. The number of halogens is 2. The molecule has 112 valence electrons. The predicted octanol–water partition coefficient (Wildman–Crippen LogP) is 4.68. The van der Waals surface area contributed by atoms with Crippen LogP contribution in [-0.2, 0) is 6.42 Å². The molecule has 1 unspecified atom stereocenters. The van der Waals surface area contributed by atoms with Crippen molar-refractivity contribution in [3.63, 3.8) is 0 Å². The van der Waals surface area contributed by atoms with Crippen LogP contribution in [-0.4, -0.2) is 12.6 Å². The summed E-state index contributed by atoms with van der Waals surface area (Å²) >= 11 is 5.89. The largest absolute Gasteiger partial charge is 0.314 e. The zero-order valence-electron chi connectivity index (χ0n) is 13.1. The van der Waals surface area contributed by atoms with Crippen LogP contribution in [0.25, 0.3) is 0 Å². The van der Waals surface area contributed by atoms with Gasteiger partial charge in [-0.2, -0.15) is 0 Å². The minimum Gasteiger partial charge on any atom is -0.314 e. The summed E-state index contributed by atoms with van der Waals surface area (Å²) in [6.45, 7) is 12.4. The third kappa shape index (κ3) is 2.60. The van der Waals surface area contributed by atoms with Gasteiger partial charge in [0.05, 0.1) is 5.02 Å². The smallest absolute Gasteiger partial charge is 0.141 e. The quantitative estimate of drug-likeness (QED) is 0.832. The molecule has 0 radical (unpaired) electrons. The molecular formula is C17H25ClFN. The van der Waals surface area contributed by atoms with Crippen molar-refractivity contribution in [1.29, 1.82) is 0 Å². The van der Waals surface area contributed by atoms with Crippen LogP contribution < -0.4 is 5.32 Å². The summed E-state index contributed by atoms with van der Waals surface area (Å²) in [4.78, 5) is 0. The average Bonchev–Trinajstić information content (AvgIpc) is 2.74. The number of rotatable bonds is 5. The van der Waals surface area contributed by atoms with Crippen LogP contribution in [0.15, 0.2) is 18.2 Å². The van der Waals surface area contributed by atoms with E-state index in [-0.39, 0.29) is 10.8 Å². The summed E-state index contributed by atoms with van der Waals surface area (Å²) < 4.78 is 13.3. The van der Waals surface area contributed by atoms with E-state index >= 15 is 0 Å². The fourth-order valence-corrected chi connectivity index (χ4v) is 3.95. The number of likely N-dealkylation sites (N-methyl/N-ethyl adjacent to an activating group) is 1. The van der Waals surface area contributed by atoms with Crippen molar-refractivity contribution in [2.75, 3.05) is 6.54 Å². The normalized spacial score (nSPS) is 21.8. The Morgan fingerprint density at radius 3 is 2.30 bits per heavy atom. The van der Waals surface area contributed by atoms with Gasteiger partial charge in [0.15, 0.2) is 0 Å². The molecular weight excluding hydrogens is 273 g/mol. The minimum absolute atomic E-state index is 0.215. The number of nitrogens with one attached hydrogen (secondary N) is 1. The monoisotopic (exact) mass is 297 g/mol. The van der Waals surface area contributed by atoms with Gasteiger partial charge >= 0.3 is 0 Å². The lowest BCUT2D eigenvalue weighted by Gasteiger charge is -2.20. The van der Waals surface area contributed by atoms with E-state index < -0.39 is 0 Å². The molecule has 0 saturated heterocycles. The standard InChI is InChI=1S/C17H25ClFN/c1-6-20-14(15-16(2,3)17(15,4)5)10-11-7-8-13(19)12(18)9-11/h7-9,14-15,20H,6,10H2,1-5H3. The first-order chi connectivity index (χ1) is 9.21. The van der Waals surface area contributed by atoms with E-state index in [0.29, 0.717) is 22.8 Å². The van der Waals surface area contributed by atoms with Crippen molar-refractivity contribution in [3.05, 3.63) is 34.6 Å². The predicted molar refractivity (Wildman–Crippen MR) is 83.6 cm³/mol. The molecule has 0 amide bonds. The van der Waals surface area contributed by atoms with Crippen LogP contribution in [0.4, 0.5) is 4.39 Å². The fourth-order valence-electron chi connectivity index (χ4n) is 3.74. The lowest BCUT2D eigenvalue weighted by atomic mass is 9.96. The van der Waals surface area contributed by atoms with Gasteiger partial charge in [0, 0.05) is 6.04 Å². The third-order valence-corrected chi connectivity index (χ3v) is 5.73. The maximum atomic E-state index is 13.3. The van der Waals surface area contributed by atoms with Crippen molar-refractivity contribution in [2.24, 2.45) is 16.7 Å². The molecule has 1 fully saturated rings. The molecule has 1 aliphatic rings. The van der Waals surface area contributed by atoms with Gasteiger partial charge in [-0.3, -0.25) is 0 Å². The lowest BCUT2D eigenvalue weighted by Crippen LogP contribution is -2.35. The molecule has 0 heterocycles. The molecule has 0 aromatic heterocycles. The highest BCUT2D eigenvalue weighted by Gasteiger charge is 2.66. The molecule has 0 aliphatic heterocycles. The van der Waals surface area contributed by atoms with Gasteiger partial charge < -0.3 is 5.32 Å². The number of benzene rings is 1. The zero-order valence-corrected chi connectivity index (χ0v) is 13.8. The summed E-state index contributed by atoms with van der Waals surface area (Å²) in [5.74, 6) is 0.279. The van der Waals surface area contributed by atoms with Crippen molar-refractivity contribution in [3.8, 4) is 0 Å². The van der Waals surface area contributed by atoms with Crippen LogP contribution >= 0.6 is 11.6 Å². The third-order valence-electron chi connectivity index (χ3n) is 5.44. The van der Waals surface area contributed by atoms with Gasteiger partial charge in [-0.25, -0.2) is 4.39 Å². The molecule has 1 aliphatic carbocycles. The van der Waals surface area contributed by atoms with Crippen molar-refractivity contribution < 1.29 is 4.39 Å². The van der Waals surface area contributed by atoms with Crippen LogP contribution in [0.3, 0.4) is 0 Å². The van der Waals surface area contributed by atoms with E-state index in [2.05, 4.69) is 39.9 Å². The van der Waals surface area contributed by atoms with Gasteiger partial charge in [-0.15, -0.1) is 0 Å². The van der Waals surface area contributed by atoms with Crippen LogP contribution in [0.5, 0.6) is 0 Å². The highest BCUT2D eigenvalue weighted by atomic mass is 35.5. The zero-order chi connectivity index (χ0) is 15.1. The molecule has 20 heavy (non-hydrogen) atoms. The number of hydrogen-bond acceptors (Lipinski definition) is 1. The Kier molecular flexibility index (Phi) is 4.19. The Balaban J connectivity index is 2.17. The van der Waals surface area contributed by atoms with Crippen LogP contribution in [0.2, 0.25) is 5.02 Å². The van der Waals surface area contributed by atoms with Gasteiger partial charge in [0.25, 0.3) is 0 Å². The summed E-state index contributed by atoms with van der Waals surface area (Å²) in [6.07, 6.45) is 0.894. The topological polar surface area (TPSA) is 12.0 Å². The summed E-state index contributed by atoms with van der Waals surface area (Å²) in [5.41, 5.74) is 1.77. The van der Waals surface area contributed by atoms with Crippen LogP contribution in [0, 0.1) is 22.6 Å². The van der Waals surface area contributed by atoms with Crippen molar-refractivity contribution >= 4 is 11.6 Å². The van der Waals surface area contributed by atoms with E-state index in [0.717, 1.165) is 18.5 Å². The Hall–Kier alpha value is -0.600. The summed E-state index contributed by atoms with van der Waals surface area (Å²) in [5, 5.41) is 3.82. The van der Waals surface area contributed by atoms with Crippen LogP contribution in [0.1, 0.15) is 40.2 Å². The van der Waals surface area contributed by atoms with E-state index in [1.54, 1.807) is 6.07 Å². The fraction of sp³-hybridized carbons (Fsp3) is 0.647. The second kappa shape index (κ2) is 5.31. The second-order valence-electron chi connectivity index (χ2n) is 7.04. The Bertz CT molecular complexity index is 482. The highest BCUT2D eigenvalue weighted by Crippen LogP contribution is 2.69. The van der Waals surface area contributed by atoms with Gasteiger partial charge in [-0.1, -0.05) is 52.3 Å². The Morgan fingerprint density at radius 2 is 1.85 bits per heavy atom. The van der Waals surface area contributed by atoms with E-state index in [1.807, 2.05) is 6.07 Å². The maximum Gasteiger partial charge on any atom is 0.141 e. The molecule has 0 bridgehead atoms. The Morgan fingerprint density at radius 1 is 1.25 bits per heavy atom. The molecule has 2 rings (SSSR count). The summed E-state index contributed by atoms with van der Waals surface area (Å²) in [7, 11) is 0. The number of hydrogen-bond donors (Lipinski definition) is 1. The molecule has 1 N–H and O–H groups in total. The maximum absolute atomic E-state index is 13.3. The highest BCUT2D eigenvalue weighted by molar-refractivity contribution is 6.30. The first-order valence-electron chi connectivity index (χ1n) is 7.39. The molecule has 1 saturated carbocycles. The molecule has 1 nitrogen and oxygen atoms in total. The van der Waals surface area contributed by atoms with Gasteiger partial charge in [-0.05, 0) is 47.4 Å². The van der Waals surface area contributed by atoms with E-state index in [4.69, 9.17) is 11.6 Å². The first kappa shape index (κ1) is 15.8. The summed E-state index contributed by atoms with van der Waals surface area (Å²) in [6, 6.07) is 5.47. The molecule has 1 atom stereocenters. The average molecular weight is 298 g/mol. The lowest BCUT2D eigenvalue weighted by molar-refractivity contribution is 0.403. The second-order valence-corrected chi connectivity index (χ2v) is 7.45. The van der Waals surface area contributed by atoms with Gasteiger partial charge in [0.2, 0.25) is 0 Å².